The number of terminal acetylenes is 1. The molecule has 0 saturated heterocycles. The van der Waals surface area contributed by atoms with E-state index in [1.54, 1.807) is 18.2 Å². The number of nitrogens with one attached hydrogen (secondary N) is 1. The summed E-state index contributed by atoms with van der Waals surface area (Å²) in [5.74, 6) is 3.25. The maximum Gasteiger partial charge on any atom is 0.142 e. The van der Waals surface area contributed by atoms with Crippen molar-refractivity contribution >= 4 is 5.82 Å². The van der Waals surface area contributed by atoms with E-state index in [1.807, 2.05) is 13.0 Å². The molecule has 70 valence electrons. The summed E-state index contributed by atoms with van der Waals surface area (Å²) in [4.78, 5) is 4.06. The third-order valence-electron chi connectivity index (χ3n) is 1.80. The minimum absolute atomic E-state index is 0.0311. The van der Waals surface area contributed by atoms with Crippen molar-refractivity contribution in [1.82, 2.24) is 4.98 Å². The van der Waals surface area contributed by atoms with Gasteiger partial charge in [0.2, 0.25) is 0 Å². The van der Waals surface area contributed by atoms with Crippen molar-refractivity contribution in [3.8, 4) is 18.4 Å². The number of nitrogens with zero attached hydrogens (tertiary/aromatic N) is 2. The molecule has 1 unspecified atom stereocenters. The van der Waals surface area contributed by atoms with Gasteiger partial charge in [0, 0.05) is 0 Å². The van der Waals surface area contributed by atoms with E-state index in [9.17, 15) is 0 Å². The predicted octanol–water partition coefficient (Wildman–Crippen LogP) is 1.78. The maximum atomic E-state index is 8.63. The summed E-state index contributed by atoms with van der Waals surface area (Å²) in [5, 5.41) is 11.7. The Balaban J connectivity index is 2.78. The first-order valence-corrected chi connectivity index (χ1v) is 4.40. The predicted molar refractivity (Wildman–Crippen MR) is 55.5 cm³/mol. The van der Waals surface area contributed by atoms with E-state index in [-0.39, 0.29) is 6.04 Å². The van der Waals surface area contributed by atoms with Crippen molar-refractivity contribution < 1.29 is 0 Å². The quantitative estimate of drug-likeness (QED) is 0.730. The smallest absolute Gasteiger partial charge is 0.142 e. The zero-order chi connectivity index (χ0) is 10.4. The molecule has 1 aromatic rings. The van der Waals surface area contributed by atoms with Crippen LogP contribution in [0.3, 0.4) is 0 Å². The molecule has 0 aliphatic rings. The topological polar surface area (TPSA) is 48.7 Å². The van der Waals surface area contributed by atoms with Gasteiger partial charge in [-0.1, -0.05) is 18.9 Å². The lowest BCUT2D eigenvalue weighted by molar-refractivity contribution is 0.850. The van der Waals surface area contributed by atoms with Gasteiger partial charge in [-0.05, 0) is 18.6 Å². The SMILES string of the molecule is C#CC(CC)Nc1cccc(C#N)n1. The highest BCUT2D eigenvalue weighted by Gasteiger charge is 2.02. The molecule has 0 aliphatic heterocycles. The molecule has 0 amide bonds. The van der Waals surface area contributed by atoms with Gasteiger partial charge in [0.25, 0.3) is 0 Å². The Kier molecular flexibility index (Phi) is 3.52. The molecule has 1 N–H and O–H groups in total. The molecular formula is C11H11N3. The molecule has 0 saturated carbocycles. The Morgan fingerprint density at radius 1 is 1.64 bits per heavy atom. The fourth-order valence-corrected chi connectivity index (χ4v) is 1.02. The van der Waals surface area contributed by atoms with Crippen LogP contribution >= 0.6 is 0 Å². The van der Waals surface area contributed by atoms with Crippen LogP contribution in [-0.4, -0.2) is 11.0 Å². The third-order valence-corrected chi connectivity index (χ3v) is 1.80. The summed E-state index contributed by atoms with van der Waals surface area (Å²) in [5.41, 5.74) is 0.391. The number of rotatable bonds is 3. The average molecular weight is 185 g/mol. The molecule has 0 bridgehead atoms. The fraction of sp³-hybridized carbons (Fsp3) is 0.273. The molecule has 0 spiro atoms. The summed E-state index contributed by atoms with van der Waals surface area (Å²) in [6.07, 6.45) is 6.12. The van der Waals surface area contributed by atoms with E-state index in [1.165, 1.54) is 0 Å². The van der Waals surface area contributed by atoms with Crippen molar-refractivity contribution in [1.29, 1.82) is 5.26 Å². The van der Waals surface area contributed by atoms with E-state index < -0.39 is 0 Å². The van der Waals surface area contributed by atoms with Gasteiger partial charge in [0.15, 0.2) is 0 Å². The number of aromatic nitrogens is 1. The van der Waals surface area contributed by atoms with Gasteiger partial charge in [-0.25, -0.2) is 4.98 Å². The van der Waals surface area contributed by atoms with E-state index in [0.717, 1.165) is 6.42 Å². The number of pyridine rings is 1. The van der Waals surface area contributed by atoms with Crippen LogP contribution in [0.15, 0.2) is 18.2 Å². The van der Waals surface area contributed by atoms with Crippen molar-refractivity contribution in [2.75, 3.05) is 5.32 Å². The Labute approximate surface area is 83.8 Å². The van der Waals surface area contributed by atoms with Crippen LogP contribution in [0.1, 0.15) is 19.0 Å². The Morgan fingerprint density at radius 3 is 3.00 bits per heavy atom. The highest BCUT2D eigenvalue weighted by atomic mass is 15.0. The second-order valence-corrected chi connectivity index (χ2v) is 2.79. The van der Waals surface area contributed by atoms with Gasteiger partial charge in [-0.2, -0.15) is 5.26 Å². The Hall–Kier alpha value is -2.00. The van der Waals surface area contributed by atoms with Crippen LogP contribution < -0.4 is 5.32 Å². The summed E-state index contributed by atoms with van der Waals surface area (Å²) in [7, 11) is 0. The van der Waals surface area contributed by atoms with Gasteiger partial charge >= 0.3 is 0 Å². The molecule has 0 aromatic carbocycles. The van der Waals surface area contributed by atoms with Crippen molar-refractivity contribution in [3.63, 3.8) is 0 Å². The number of anilines is 1. The molecule has 1 atom stereocenters. The first kappa shape index (κ1) is 10.1. The standard InChI is InChI=1S/C11H11N3/c1-3-9(4-2)13-11-7-5-6-10(8-12)14-11/h1,5-7,9H,4H2,2H3,(H,13,14). The number of hydrogen-bond donors (Lipinski definition) is 1. The molecule has 14 heavy (non-hydrogen) atoms. The van der Waals surface area contributed by atoms with Crippen LogP contribution in [0.4, 0.5) is 5.82 Å². The lowest BCUT2D eigenvalue weighted by Crippen LogP contribution is -2.16. The highest BCUT2D eigenvalue weighted by Crippen LogP contribution is 2.06. The van der Waals surface area contributed by atoms with Crippen molar-refractivity contribution in [2.24, 2.45) is 0 Å². The lowest BCUT2D eigenvalue weighted by Gasteiger charge is -2.10. The van der Waals surface area contributed by atoms with Crippen LogP contribution in [0.5, 0.6) is 0 Å². The summed E-state index contributed by atoms with van der Waals surface area (Å²) < 4.78 is 0. The molecule has 1 heterocycles. The number of nitriles is 1. The Bertz CT molecular complexity index is 384. The molecule has 0 aliphatic carbocycles. The largest absolute Gasteiger partial charge is 0.356 e. The first-order valence-electron chi connectivity index (χ1n) is 4.40. The molecule has 0 radical (unpaired) electrons. The minimum atomic E-state index is -0.0311. The van der Waals surface area contributed by atoms with E-state index >= 15 is 0 Å². The normalized spacial score (nSPS) is 11.1. The summed E-state index contributed by atoms with van der Waals surface area (Å²) >= 11 is 0. The number of hydrogen-bond acceptors (Lipinski definition) is 3. The van der Waals surface area contributed by atoms with Gasteiger partial charge in [0.1, 0.15) is 17.6 Å². The van der Waals surface area contributed by atoms with Gasteiger partial charge in [-0.15, -0.1) is 6.42 Å². The molecular weight excluding hydrogens is 174 g/mol. The fourth-order valence-electron chi connectivity index (χ4n) is 1.02. The second kappa shape index (κ2) is 4.89. The van der Waals surface area contributed by atoms with Crippen LogP contribution in [-0.2, 0) is 0 Å². The Morgan fingerprint density at radius 2 is 2.43 bits per heavy atom. The van der Waals surface area contributed by atoms with E-state index in [2.05, 4.69) is 16.2 Å². The maximum absolute atomic E-state index is 8.63. The van der Waals surface area contributed by atoms with E-state index in [4.69, 9.17) is 11.7 Å². The van der Waals surface area contributed by atoms with Crippen molar-refractivity contribution in [2.45, 2.75) is 19.4 Å². The zero-order valence-corrected chi connectivity index (χ0v) is 7.99. The zero-order valence-electron chi connectivity index (χ0n) is 7.99. The third kappa shape index (κ3) is 2.50. The van der Waals surface area contributed by atoms with Crippen LogP contribution in [0, 0.1) is 23.7 Å². The van der Waals surface area contributed by atoms with Gasteiger partial charge < -0.3 is 5.32 Å². The minimum Gasteiger partial charge on any atom is -0.356 e. The molecule has 3 heteroatoms. The monoisotopic (exact) mass is 185 g/mol. The summed E-state index contributed by atoms with van der Waals surface area (Å²) in [6, 6.07) is 7.16. The molecule has 0 fully saturated rings. The molecule has 1 aromatic heterocycles. The average Bonchev–Trinajstić information content (AvgIpc) is 2.26. The summed E-state index contributed by atoms with van der Waals surface area (Å²) in [6.45, 7) is 1.99. The van der Waals surface area contributed by atoms with Crippen LogP contribution in [0.25, 0.3) is 0 Å². The van der Waals surface area contributed by atoms with E-state index in [0.29, 0.717) is 11.5 Å². The second-order valence-electron chi connectivity index (χ2n) is 2.79. The van der Waals surface area contributed by atoms with Crippen LogP contribution in [0.2, 0.25) is 0 Å². The lowest BCUT2D eigenvalue weighted by atomic mass is 10.2. The molecule has 3 nitrogen and oxygen atoms in total. The highest BCUT2D eigenvalue weighted by molar-refractivity contribution is 5.40. The van der Waals surface area contributed by atoms with Gasteiger partial charge in [0.05, 0.1) is 6.04 Å². The molecule has 1 rings (SSSR count). The van der Waals surface area contributed by atoms with Gasteiger partial charge in [-0.3, -0.25) is 0 Å². The van der Waals surface area contributed by atoms with Crippen molar-refractivity contribution in [3.05, 3.63) is 23.9 Å². The first-order chi connectivity index (χ1) is 6.80.